The molecule has 0 radical (unpaired) electrons. The minimum atomic E-state index is -0.268. The summed E-state index contributed by atoms with van der Waals surface area (Å²) in [6.07, 6.45) is 5.33. The van der Waals surface area contributed by atoms with Crippen LogP contribution in [0.2, 0.25) is 0 Å². The molecule has 3 aromatic heterocycles. The normalized spacial score (nSPS) is 13.2. The SMILES string of the molecule is CC(c1ccccc1)n1ccs/c1=N\C(=O)c1c[nH]c2ncccc12. The van der Waals surface area contributed by atoms with Crippen LogP contribution in [0.4, 0.5) is 0 Å². The van der Waals surface area contributed by atoms with Crippen molar-refractivity contribution in [3.05, 3.63) is 82.4 Å². The van der Waals surface area contributed by atoms with E-state index in [1.165, 1.54) is 16.9 Å². The zero-order valence-electron chi connectivity index (χ0n) is 13.6. The Morgan fingerprint density at radius 2 is 2.08 bits per heavy atom. The van der Waals surface area contributed by atoms with E-state index >= 15 is 0 Å². The van der Waals surface area contributed by atoms with E-state index in [0.29, 0.717) is 16.0 Å². The highest BCUT2D eigenvalue weighted by Crippen LogP contribution is 2.18. The third-order valence-corrected chi connectivity index (χ3v) is 4.96. The van der Waals surface area contributed by atoms with Crippen LogP contribution in [0.15, 0.2) is 71.4 Å². The lowest BCUT2D eigenvalue weighted by Crippen LogP contribution is -2.20. The van der Waals surface area contributed by atoms with Gasteiger partial charge in [0.2, 0.25) is 0 Å². The van der Waals surface area contributed by atoms with Gasteiger partial charge in [0.25, 0.3) is 5.91 Å². The highest BCUT2D eigenvalue weighted by Gasteiger charge is 2.13. The highest BCUT2D eigenvalue weighted by atomic mass is 32.1. The maximum Gasteiger partial charge on any atom is 0.281 e. The molecule has 1 aromatic carbocycles. The first-order valence-corrected chi connectivity index (χ1v) is 8.84. The number of carbonyl (C=O) groups is 1. The summed E-state index contributed by atoms with van der Waals surface area (Å²) in [6, 6.07) is 14.0. The van der Waals surface area contributed by atoms with Crippen LogP contribution in [0.1, 0.15) is 28.9 Å². The Hall–Kier alpha value is -2.99. The Labute approximate surface area is 148 Å². The molecule has 4 rings (SSSR count). The highest BCUT2D eigenvalue weighted by molar-refractivity contribution is 7.07. The molecular formula is C19H16N4OS. The van der Waals surface area contributed by atoms with Crippen molar-refractivity contribution in [2.24, 2.45) is 4.99 Å². The van der Waals surface area contributed by atoms with E-state index in [0.717, 1.165) is 5.39 Å². The smallest absolute Gasteiger partial charge is 0.281 e. The molecule has 0 aliphatic rings. The first-order valence-electron chi connectivity index (χ1n) is 7.96. The Balaban J connectivity index is 1.73. The number of fused-ring (bicyclic) bond motifs is 1. The van der Waals surface area contributed by atoms with Gasteiger partial charge in [-0.1, -0.05) is 30.3 Å². The van der Waals surface area contributed by atoms with Gasteiger partial charge in [0.05, 0.1) is 11.6 Å². The number of hydrogen-bond acceptors (Lipinski definition) is 3. The predicted octanol–water partition coefficient (Wildman–Crippen LogP) is 3.78. The van der Waals surface area contributed by atoms with E-state index in [4.69, 9.17) is 0 Å². The van der Waals surface area contributed by atoms with Gasteiger partial charge in [0.15, 0.2) is 4.80 Å². The van der Waals surface area contributed by atoms with Gasteiger partial charge in [-0.2, -0.15) is 4.99 Å². The van der Waals surface area contributed by atoms with Crippen molar-refractivity contribution in [2.45, 2.75) is 13.0 Å². The van der Waals surface area contributed by atoms with Crippen LogP contribution in [-0.4, -0.2) is 20.4 Å². The van der Waals surface area contributed by atoms with Gasteiger partial charge in [-0.3, -0.25) is 4.79 Å². The molecule has 25 heavy (non-hydrogen) atoms. The predicted molar refractivity (Wildman–Crippen MR) is 98.6 cm³/mol. The second kappa shape index (κ2) is 6.49. The summed E-state index contributed by atoms with van der Waals surface area (Å²) < 4.78 is 2.02. The number of aromatic amines is 1. The number of benzene rings is 1. The Morgan fingerprint density at radius 3 is 2.92 bits per heavy atom. The van der Waals surface area contributed by atoms with Crippen LogP contribution < -0.4 is 4.80 Å². The number of pyridine rings is 1. The van der Waals surface area contributed by atoms with E-state index in [-0.39, 0.29) is 11.9 Å². The molecule has 124 valence electrons. The number of nitrogens with zero attached hydrogens (tertiary/aromatic N) is 3. The first kappa shape index (κ1) is 15.5. The van der Waals surface area contributed by atoms with Crippen LogP contribution in [0, 0.1) is 0 Å². The minimum absolute atomic E-state index is 0.101. The molecule has 0 saturated heterocycles. The summed E-state index contributed by atoms with van der Waals surface area (Å²) in [5, 5.41) is 2.73. The molecule has 0 bridgehead atoms. The number of hydrogen-bond donors (Lipinski definition) is 1. The van der Waals surface area contributed by atoms with Crippen molar-refractivity contribution in [1.82, 2.24) is 14.5 Å². The monoisotopic (exact) mass is 348 g/mol. The lowest BCUT2D eigenvalue weighted by atomic mass is 10.1. The molecule has 0 aliphatic carbocycles. The molecule has 5 nitrogen and oxygen atoms in total. The van der Waals surface area contributed by atoms with Crippen molar-refractivity contribution in [1.29, 1.82) is 0 Å². The van der Waals surface area contributed by atoms with Gasteiger partial charge in [-0.15, -0.1) is 11.3 Å². The quantitative estimate of drug-likeness (QED) is 0.612. The summed E-state index contributed by atoms with van der Waals surface area (Å²) in [7, 11) is 0. The van der Waals surface area contributed by atoms with E-state index in [1.54, 1.807) is 12.4 Å². The average molecular weight is 348 g/mol. The van der Waals surface area contributed by atoms with Gasteiger partial charge in [0.1, 0.15) is 5.65 Å². The van der Waals surface area contributed by atoms with Gasteiger partial charge in [0, 0.05) is 29.4 Å². The van der Waals surface area contributed by atoms with E-state index in [2.05, 4.69) is 34.0 Å². The van der Waals surface area contributed by atoms with Crippen LogP contribution >= 0.6 is 11.3 Å². The van der Waals surface area contributed by atoms with Crippen molar-refractivity contribution in [3.8, 4) is 0 Å². The fourth-order valence-electron chi connectivity index (χ4n) is 2.83. The van der Waals surface area contributed by atoms with Crippen molar-refractivity contribution >= 4 is 28.3 Å². The first-order chi connectivity index (χ1) is 12.2. The third kappa shape index (κ3) is 2.92. The molecule has 1 unspecified atom stereocenters. The van der Waals surface area contributed by atoms with Crippen molar-refractivity contribution in [2.75, 3.05) is 0 Å². The molecular weight excluding hydrogens is 332 g/mol. The Morgan fingerprint density at radius 1 is 1.24 bits per heavy atom. The Kier molecular flexibility index (Phi) is 4.03. The lowest BCUT2D eigenvalue weighted by molar-refractivity contribution is 0.0999. The molecule has 0 spiro atoms. The largest absolute Gasteiger partial charge is 0.345 e. The third-order valence-electron chi connectivity index (χ3n) is 4.19. The molecule has 1 N–H and O–H groups in total. The van der Waals surface area contributed by atoms with Gasteiger partial charge < -0.3 is 9.55 Å². The number of nitrogens with one attached hydrogen (secondary N) is 1. The van der Waals surface area contributed by atoms with E-state index in [9.17, 15) is 4.79 Å². The fourth-order valence-corrected chi connectivity index (χ4v) is 3.62. The molecule has 4 aromatic rings. The maximum atomic E-state index is 12.7. The van der Waals surface area contributed by atoms with Gasteiger partial charge in [-0.05, 0) is 24.6 Å². The number of aromatic nitrogens is 3. The zero-order chi connectivity index (χ0) is 17.2. The molecule has 3 heterocycles. The van der Waals surface area contributed by atoms with Crippen LogP contribution in [0.25, 0.3) is 11.0 Å². The number of carbonyl (C=O) groups excluding carboxylic acids is 1. The number of thiazole rings is 1. The maximum absolute atomic E-state index is 12.7. The zero-order valence-corrected chi connectivity index (χ0v) is 14.4. The van der Waals surface area contributed by atoms with Crippen LogP contribution in [-0.2, 0) is 0 Å². The second-order valence-electron chi connectivity index (χ2n) is 5.70. The molecule has 0 saturated carbocycles. The average Bonchev–Trinajstić information content (AvgIpc) is 3.28. The minimum Gasteiger partial charge on any atom is -0.345 e. The molecule has 0 fully saturated rings. The number of rotatable bonds is 3. The molecule has 1 amide bonds. The molecule has 1 atom stereocenters. The summed E-state index contributed by atoms with van der Waals surface area (Å²) >= 11 is 1.45. The summed E-state index contributed by atoms with van der Waals surface area (Å²) in [4.78, 5) is 24.9. The standard InChI is InChI=1S/C19H16N4OS/c1-13(14-6-3-2-4-7-14)23-10-11-25-19(23)22-18(24)16-12-21-17-15(16)8-5-9-20-17/h2-13H,1H3,(H,20,21)/b22-19-. The van der Waals surface area contributed by atoms with Crippen molar-refractivity contribution in [3.63, 3.8) is 0 Å². The molecule has 6 heteroatoms. The van der Waals surface area contributed by atoms with Crippen LogP contribution in [0.5, 0.6) is 0 Å². The van der Waals surface area contributed by atoms with E-state index < -0.39 is 0 Å². The van der Waals surface area contributed by atoms with Crippen molar-refractivity contribution < 1.29 is 4.79 Å². The second-order valence-corrected chi connectivity index (χ2v) is 6.57. The topological polar surface area (TPSA) is 63.0 Å². The Bertz CT molecular complexity index is 1090. The molecule has 0 aliphatic heterocycles. The summed E-state index contributed by atoms with van der Waals surface area (Å²) in [5.41, 5.74) is 2.40. The summed E-state index contributed by atoms with van der Waals surface area (Å²) in [6.45, 7) is 2.10. The fraction of sp³-hybridized carbons (Fsp3) is 0.105. The lowest BCUT2D eigenvalue weighted by Gasteiger charge is -2.13. The summed E-state index contributed by atoms with van der Waals surface area (Å²) in [5.74, 6) is -0.268. The van der Waals surface area contributed by atoms with E-state index in [1.807, 2.05) is 46.5 Å². The number of H-pyrrole nitrogens is 1. The van der Waals surface area contributed by atoms with Crippen LogP contribution in [0.3, 0.4) is 0 Å². The van der Waals surface area contributed by atoms with Gasteiger partial charge in [-0.25, -0.2) is 4.98 Å². The number of amides is 1. The van der Waals surface area contributed by atoms with Gasteiger partial charge >= 0.3 is 0 Å².